The maximum atomic E-state index is 6.27. The smallest absolute Gasteiger partial charge is 0.157 e. The van der Waals surface area contributed by atoms with Crippen molar-refractivity contribution in [3.63, 3.8) is 0 Å². The first-order valence-electron chi connectivity index (χ1n) is 8.20. The molecule has 0 radical (unpaired) electrons. The Labute approximate surface area is 188 Å². The van der Waals surface area contributed by atoms with Crippen molar-refractivity contribution in [1.29, 1.82) is 0 Å². The molecule has 0 saturated carbocycles. The van der Waals surface area contributed by atoms with Crippen LogP contribution in [0.15, 0.2) is 40.0 Å². The van der Waals surface area contributed by atoms with Gasteiger partial charge in [0.25, 0.3) is 0 Å². The number of thiophene rings is 1. The molecule has 0 N–H and O–H groups in total. The fraction of sp³-hybridized carbons (Fsp3) is 0.316. The van der Waals surface area contributed by atoms with Gasteiger partial charge in [-0.05, 0) is 39.0 Å². The number of oxime groups is 1. The second-order valence-corrected chi connectivity index (χ2v) is 9.57. The van der Waals surface area contributed by atoms with E-state index < -0.39 is 0 Å². The fourth-order valence-corrected chi connectivity index (χ4v) is 3.37. The number of hydrogen-bond donors (Lipinski definition) is 0. The van der Waals surface area contributed by atoms with Gasteiger partial charge >= 0.3 is 0 Å². The average Bonchev–Trinajstić information content (AvgIpc) is 3.00. The van der Waals surface area contributed by atoms with Crippen molar-refractivity contribution in [1.82, 2.24) is 0 Å². The third kappa shape index (κ3) is 8.10. The number of halogens is 4. The summed E-state index contributed by atoms with van der Waals surface area (Å²) in [5.74, 6) is 0.878. The Morgan fingerprint density at radius 2 is 1.79 bits per heavy atom. The summed E-state index contributed by atoms with van der Waals surface area (Å²) in [4.78, 5) is 7.28. The summed E-state index contributed by atoms with van der Waals surface area (Å²) in [5, 5.41) is 4.68. The maximum absolute atomic E-state index is 6.27. The van der Waals surface area contributed by atoms with Gasteiger partial charge in [0.2, 0.25) is 0 Å². The van der Waals surface area contributed by atoms with Crippen molar-refractivity contribution in [2.24, 2.45) is 5.16 Å². The van der Waals surface area contributed by atoms with E-state index in [0.29, 0.717) is 28.2 Å². The van der Waals surface area contributed by atoms with E-state index in [1.165, 1.54) is 17.4 Å². The standard InChI is InChI=1S/C19H19Cl4NO3S/c1-19(2,3)27-24-10-13-4-5-14(28-13)11-26-18-15(20)8-12(9-16(18)21)25-7-6-17(22)23/h4-6,8-10H,7,11H2,1-3H3. The fourth-order valence-electron chi connectivity index (χ4n) is 1.88. The highest BCUT2D eigenvalue weighted by molar-refractivity contribution is 7.13. The Morgan fingerprint density at radius 1 is 1.11 bits per heavy atom. The molecular weight excluding hydrogens is 464 g/mol. The van der Waals surface area contributed by atoms with Crippen LogP contribution in [0.4, 0.5) is 0 Å². The number of rotatable bonds is 8. The zero-order valence-electron chi connectivity index (χ0n) is 15.5. The predicted octanol–water partition coefficient (Wildman–Crippen LogP) is 7.48. The second kappa shape index (κ2) is 10.6. The van der Waals surface area contributed by atoms with Gasteiger partial charge in [-0.3, -0.25) is 0 Å². The Bertz CT molecular complexity index is 832. The zero-order valence-corrected chi connectivity index (χ0v) is 19.3. The van der Waals surface area contributed by atoms with Gasteiger partial charge in [0, 0.05) is 21.9 Å². The van der Waals surface area contributed by atoms with Gasteiger partial charge < -0.3 is 14.3 Å². The molecule has 28 heavy (non-hydrogen) atoms. The molecule has 0 aliphatic rings. The monoisotopic (exact) mass is 481 g/mol. The van der Waals surface area contributed by atoms with Crippen LogP contribution in [0.2, 0.25) is 10.0 Å². The Hall–Kier alpha value is -1.11. The molecular formula is C19H19Cl4NO3S. The molecule has 0 bridgehead atoms. The van der Waals surface area contributed by atoms with E-state index in [2.05, 4.69) is 5.16 Å². The normalized spacial score (nSPS) is 11.5. The Balaban J connectivity index is 1.96. The van der Waals surface area contributed by atoms with Gasteiger partial charge in [0.1, 0.15) is 29.1 Å². The van der Waals surface area contributed by atoms with Crippen LogP contribution < -0.4 is 9.47 Å². The van der Waals surface area contributed by atoms with Crippen molar-refractivity contribution in [3.05, 3.63) is 54.6 Å². The number of benzene rings is 1. The lowest BCUT2D eigenvalue weighted by Gasteiger charge is -2.14. The Kier molecular flexibility index (Phi) is 8.78. The predicted molar refractivity (Wildman–Crippen MR) is 119 cm³/mol. The molecule has 4 nitrogen and oxygen atoms in total. The molecule has 152 valence electrons. The lowest BCUT2D eigenvalue weighted by molar-refractivity contribution is 0.00202. The maximum Gasteiger partial charge on any atom is 0.157 e. The molecule has 1 heterocycles. The quantitative estimate of drug-likeness (QED) is 0.289. The van der Waals surface area contributed by atoms with E-state index in [-0.39, 0.29) is 16.7 Å². The molecule has 1 aromatic carbocycles. The topological polar surface area (TPSA) is 40.0 Å². The van der Waals surface area contributed by atoms with Crippen molar-refractivity contribution in [2.75, 3.05) is 6.61 Å². The van der Waals surface area contributed by atoms with Crippen LogP contribution in [0, 0.1) is 0 Å². The summed E-state index contributed by atoms with van der Waals surface area (Å²) in [6.45, 7) is 6.33. The third-order valence-corrected chi connectivity index (χ3v) is 4.87. The lowest BCUT2D eigenvalue weighted by atomic mass is 10.2. The molecule has 0 amide bonds. The highest BCUT2D eigenvalue weighted by atomic mass is 35.5. The Morgan fingerprint density at radius 3 is 2.39 bits per heavy atom. The van der Waals surface area contributed by atoms with Crippen LogP contribution in [-0.2, 0) is 11.4 Å². The summed E-state index contributed by atoms with van der Waals surface area (Å²) < 4.78 is 11.4. The molecule has 0 atom stereocenters. The van der Waals surface area contributed by atoms with Gasteiger partial charge in [0.15, 0.2) is 5.75 Å². The molecule has 0 spiro atoms. The molecule has 0 aliphatic carbocycles. The first kappa shape index (κ1) is 23.2. The van der Waals surface area contributed by atoms with Crippen LogP contribution in [0.25, 0.3) is 0 Å². The van der Waals surface area contributed by atoms with Crippen LogP contribution in [0.3, 0.4) is 0 Å². The van der Waals surface area contributed by atoms with Gasteiger partial charge in [0.05, 0.1) is 16.3 Å². The molecule has 1 aromatic heterocycles. The lowest BCUT2D eigenvalue weighted by Crippen LogP contribution is -2.15. The van der Waals surface area contributed by atoms with Gasteiger partial charge in [-0.2, -0.15) is 0 Å². The molecule has 0 saturated heterocycles. The van der Waals surface area contributed by atoms with Crippen LogP contribution in [0.1, 0.15) is 30.5 Å². The van der Waals surface area contributed by atoms with E-state index in [4.69, 9.17) is 60.7 Å². The zero-order chi connectivity index (χ0) is 20.7. The second-order valence-electron chi connectivity index (χ2n) is 6.55. The van der Waals surface area contributed by atoms with Gasteiger partial charge in [-0.1, -0.05) is 51.6 Å². The van der Waals surface area contributed by atoms with E-state index in [9.17, 15) is 0 Å². The third-order valence-electron chi connectivity index (χ3n) is 3.01. The molecule has 9 heteroatoms. The first-order chi connectivity index (χ1) is 13.1. The van der Waals surface area contributed by atoms with Crippen LogP contribution in [-0.4, -0.2) is 18.4 Å². The molecule has 2 rings (SSSR count). The van der Waals surface area contributed by atoms with E-state index in [1.54, 1.807) is 18.3 Å². The summed E-state index contributed by atoms with van der Waals surface area (Å²) in [7, 11) is 0. The molecule has 0 unspecified atom stereocenters. The SMILES string of the molecule is CC(C)(C)ON=Cc1ccc(COc2c(Cl)cc(OCC=C(Cl)Cl)cc2Cl)s1. The molecule has 0 fully saturated rings. The minimum atomic E-state index is -0.324. The summed E-state index contributed by atoms with van der Waals surface area (Å²) >= 11 is 25.2. The average molecular weight is 483 g/mol. The van der Waals surface area contributed by atoms with Gasteiger partial charge in [-0.15, -0.1) is 11.3 Å². The molecule has 2 aromatic rings. The summed E-state index contributed by atoms with van der Waals surface area (Å²) in [6.07, 6.45) is 3.19. The van der Waals surface area contributed by atoms with Crippen molar-refractivity contribution >= 4 is 64.0 Å². The minimum absolute atomic E-state index is 0.127. The van der Waals surface area contributed by atoms with Crippen LogP contribution in [0.5, 0.6) is 11.5 Å². The minimum Gasteiger partial charge on any atom is -0.489 e. The first-order valence-corrected chi connectivity index (χ1v) is 10.5. The highest BCUT2D eigenvalue weighted by Crippen LogP contribution is 2.37. The number of hydrogen-bond acceptors (Lipinski definition) is 5. The largest absolute Gasteiger partial charge is 0.489 e. The summed E-state index contributed by atoms with van der Waals surface area (Å²) in [5.41, 5.74) is -0.324. The highest BCUT2D eigenvalue weighted by Gasteiger charge is 2.12. The van der Waals surface area contributed by atoms with Crippen LogP contribution >= 0.6 is 57.7 Å². The van der Waals surface area contributed by atoms with E-state index in [0.717, 1.165) is 9.75 Å². The van der Waals surface area contributed by atoms with E-state index >= 15 is 0 Å². The van der Waals surface area contributed by atoms with Crippen molar-refractivity contribution < 1.29 is 14.3 Å². The van der Waals surface area contributed by atoms with Crippen molar-refractivity contribution in [2.45, 2.75) is 33.0 Å². The van der Waals surface area contributed by atoms with E-state index in [1.807, 2.05) is 32.9 Å². The summed E-state index contributed by atoms with van der Waals surface area (Å²) in [6, 6.07) is 7.13. The van der Waals surface area contributed by atoms with Crippen molar-refractivity contribution in [3.8, 4) is 11.5 Å². The molecule has 0 aliphatic heterocycles. The van der Waals surface area contributed by atoms with Gasteiger partial charge in [-0.25, -0.2) is 0 Å². The number of nitrogens with zero attached hydrogens (tertiary/aromatic N) is 1. The number of ether oxygens (including phenoxy) is 2.